The predicted octanol–water partition coefficient (Wildman–Crippen LogP) is 4.65. The third kappa shape index (κ3) is 6.95. The third-order valence-electron chi connectivity index (χ3n) is 4.60. The molecule has 170 valence electrons. The number of carbonyl (C=O) groups excluding carboxylic acids is 1. The van der Waals surface area contributed by atoms with Gasteiger partial charge in [0.05, 0.1) is 24.1 Å². The number of ether oxygens (including phenoxy) is 1. The summed E-state index contributed by atoms with van der Waals surface area (Å²) in [6.07, 6.45) is 2.66. The van der Waals surface area contributed by atoms with Crippen molar-refractivity contribution in [3.8, 4) is 5.75 Å². The zero-order valence-corrected chi connectivity index (χ0v) is 17.6. The fourth-order valence-electron chi connectivity index (χ4n) is 3.02. The van der Waals surface area contributed by atoms with Crippen LogP contribution in [0.1, 0.15) is 39.0 Å². The van der Waals surface area contributed by atoms with Crippen molar-refractivity contribution < 1.29 is 22.7 Å². The van der Waals surface area contributed by atoms with Gasteiger partial charge in [0.1, 0.15) is 5.75 Å². The van der Waals surface area contributed by atoms with E-state index in [9.17, 15) is 18.0 Å². The van der Waals surface area contributed by atoms with Gasteiger partial charge < -0.3 is 21.1 Å². The molecule has 7 nitrogen and oxygen atoms in total. The standard InChI is InChI=1S/C21H28F3N5O2/c1-3-4-7-14(25)13-29(26)18-11-10-15(12-19(18)31-2)27-20(30)28-17-9-6-5-8-16(17)21(22,23)24/h6,9-13H,3-5,7-8,25-26H2,1-2H3,(H2,27,28,30)/b14-13-. The van der Waals surface area contributed by atoms with E-state index >= 15 is 0 Å². The summed E-state index contributed by atoms with van der Waals surface area (Å²) in [5.41, 5.74) is 6.38. The Morgan fingerprint density at radius 1 is 1.32 bits per heavy atom. The van der Waals surface area contributed by atoms with E-state index in [1.54, 1.807) is 24.4 Å². The number of nitrogens with zero attached hydrogens (tertiary/aromatic N) is 1. The van der Waals surface area contributed by atoms with Gasteiger partial charge in [0.15, 0.2) is 0 Å². The van der Waals surface area contributed by atoms with Crippen LogP contribution >= 0.6 is 0 Å². The summed E-state index contributed by atoms with van der Waals surface area (Å²) in [7, 11) is 1.44. The first-order valence-electron chi connectivity index (χ1n) is 9.88. The van der Waals surface area contributed by atoms with Crippen LogP contribution in [0, 0.1) is 0 Å². The molecule has 0 fully saturated rings. The molecule has 0 bridgehead atoms. The normalized spacial score (nSPS) is 14.5. The topological polar surface area (TPSA) is 106 Å². The fraction of sp³-hybridized carbons (Fsp3) is 0.381. The molecular weight excluding hydrogens is 411 g/mol. The molecule has 0 spiro atoms. The van der Waals surface area contributed by atoms with E-state index in [1.165, 1.54) is 24.3 Å². The number of amides is 2. The highest BCUT2D eigenvalue weighted by atomic mass is 19.4. The van der Waals surface area contributed by atoms with E-state index in [-0.39, 0.29) is 18.5 Å². The average molecular weight is 439 g/mol. The number of anilines is 2. The second kappa shape index (κ2) is 10.8. The zero-order chi connectivity index (χ0) is 23.0. The summed E-state index contributed by atoms with van der Waals surface area (Å²) >= 11 is 0. The number of urea groups is 1. The minimum atomic E-state index is -4.50. The predicted molar refractivity (Wildman–Crippen MR) is 115 cm³/mol. The summed E-state index contributed by atoms with van der Waals surface area (Å²) in [5, 5.41) is 6.09. The summed E-state index contributed by atoms with van der Waals surface area (Å²) in [6.45, 7) is 2.06. The smallest absolute Gasteiger partial charge is 0.414 e. The van der Waals surface area contributed by atoms with Gasteiger partial charge >= 0.3 is 12.2 Å². The number of hydrogen-bond acceptors (Lipinski definition) is 5. The first kappa shape index (κ1) is 24.1. The largest absolute Gasteiger partial charge is 0.494 e. The summed E-state index contributed by atoms with van der Waals surface area (Å²) in [6, 6.07) is 3.88. The minimum Gasteiger partial charge on any atom is -0.494 e. The number of nitrogens with two attached hydrogens (primary N) is 2. The van der Waals surface area contributed by atoms with Gasteiger partial charge in [-0.2, -0.15) is 13.2 Å². The Labute approximate surface area is 179 Å². The molecule has 0 aliphatic heterocycles. The first-order chi connectivity index (χ1) is 14.7. The van der Waals surface area contributed by atoms with Crippen LogP contribution in [-0.2, 0) is 0 Å². The maximum Gasteiger partial charge on any atom is 0.414 e. The van der Waals surface area contributed by atoms with Crippen LogP contribution in [0.25, 0.3) is 0 Å². The van der Waals surface area contributed by atoms with Gasteiger partial charge in [0.2, 0.25) is 0 Å². The highest BCUT2D eigenvalue weighted by Gasteiger charge is 2.36. The number of rotatable bonds is 8. The zero-order valence-electron chi connectivity index (χ0n) is 17.6. The van der Waals surface area contributed by atoms with Gasteiger partial charge in [0.25, 0.3) is 0 Å². The number of carbonyl (C=O) groups is 1. The molecule has 2 amide bonds. The molecule has 0 unspecified atom stereocenters. The Kier molecular flexibility index (Phi) is 8.38. The number of alkyl halides is 3. The Hall–Kier alpha value is -3.14. The van der Waals surface area contributed by atoms with E-state index < -0.39 is 17.8 Å². The van der Waals surface area contributed by atoms with Crippen LogP contribution in [0.4, 0.5) is 29.3 Å². The molecule has 1 aliphatic carbocycles. The molecule has 0 saturated heterocycles. The highest BCUT2D eigenvalue weighted by Crippen LogP contribution is 2.34. The average Bonchev–Trinajstić information content (AvgIpc) is 2.71. The van der Waals surface area contributed by atoms with Gasteiger partial charge in [-0.05, 0) is 43.9 Å². The number of nitrogens with one attached hydrogen (secondary N) is 2. The van der Waals surface area contributed by atoms with Crippen molar-refractivity contribution in [1.29, 1.82) is 0 Å². The Bertz CT molecular complexity index is 878. The summed E-state index contributed by atoms with van der Waals surface area (Å²) in [5.74, 6) is 6.41. The minimum absolute atomic E-state index is 0.181. The molecule has 6 N–H and O–H groups in total. The van der Waals surface area contributed by atoms with E-state index in [0.717, 1.165) is 12.8 Å². The van der Waals surface area contributed by atoms with Crippen molar-refractivity contribution in [2.24, 2.45) is 11.6 Å². The molecule has 1 aromatic rings. The van der Waals surface area contributed by atoms with Crippen molar-refractivity contribution in [2.75, 3.05) is 17.4 Å². The van der Waals surface area contributed by atoms with E-state index in [4.69, 9.17) is 16.3 Å². The molecule has 0 saturated carbocycles. The van der Waals surface area contributed by atoms with Crippen LogP contribution in [0.5, 0.6) is 5.75 Å². The monoisotopic (exact) mass is 439 g/mol. The quantitative estimate of drug-likeness (QED) is 0.348. The number of hydrogen-bond donors (Lipinski definition) is 4. The Morgan fingerprint density at radius 3 is 2.71 bits per heavy atom. The number of methoxy groups -OCH3 is 1. The molecule has 10 heteroatoms. The molecule has 2 rings (SSSR count). The number of allylic oxidation sites excluding steroid dienone is 4. The van der Waals surface area contributed by atoms with Crippen molar-refractivity contribution in [3.63, 3.8) is 0 Å². The lowest BCUT2D eigenvalue weighted by molar-refractivity contribution is -0.0949. The maximum atomic E-state index is 13.1. The number of hydrazine groups is 1. The lowest BCUT2D eigenvalue weighted by atomic mass is 10.0. The van der Waals surface area contributed by atoms with Crippen LogP contribution in [0.15, 0.2) is 53.5 Å². The van der Waals surface area contributed by atoms with E-state index in [1.807, 2.05) is 0 Å². The van der Waals surface area contributed by atoms with E-state index in [0.29, 0.717) is 29.2 Å². The second-order valence-corrected chi connectivity index (χ2v) is 7.01. The molecule has 1 aromatic carbocycles. The van der Waals surface area contributed by atoms with Crippen molar-refractivity contribution >= 4 is 17.4 Å². The SMILES string of the molecule is CCCC/C(N)=C/N(N)c1ccc(NC(=O)NC2=C(C(F)(F)F)CCC=C2)cc1OC. The van der Waals surface area contributed by atoms with Crippen molar-refractivity contribution in [2.45, 2.75) is 45.2 Å². The first-order valence-corrected chi connectivity index (χ1v) is 9.88. The van der Waals surface area contributed by atoms with E-state index in [2.05, 4.69) is 17.6 Å². The molecular formula is C21H28F3N5O2. The van der Waals surface area contributed by atoms with Gasteiger partial charge in [-0.15, -0.1) is 0 Å². The van der Waals surface area contributed by atoms with Crippen LogP contribution in [0.2, 0.25) is 0 Å². The Morgan fingerprint density at radius 2 is 2.06 bits per heavy atom. The number of unbranched alkanes of at least 4 members (excludes halogenated alkanes) is 1. The summed E-state index contributed by atoms with van der Waals surface area (Å²) < 4.78 is 44.7. The molecule has 1 aliphatic rings. The lowest BCUT2D eigenvalue weighted by Crippen LogP contribution is -2.31. The fourth-order valence-corrected chi connectivity index (χ4v) is 3.02. The highest BCUT2D eigenvalue weighted by molar-refractivity contribution is 5.91. The van der Waals surface area contributed by atoms with Gasteiger partial charge in [0, 0.05) is 23.7 Å². The number of benzene rings is 1. The number of halogens is 3. The third-order valence-corrected chi connectivity index (χ3v) is 4.60. The van der Waals surface area contributed by atoms with Gasteiger partial charge in [-0.3, -0.25) is 5.01 Å². The molecule has 0 aromatic heterocycles. The Balaban J connectivity index is 2.13. The van der Waals surface area contributed by atoms with Crippen molar-refractivity contribution in [3.05, 3.63) is 53.5 Å². The van der Waals surface area contributed by atoms with Gasteiger partial charge in [-0.25, -0.2) is 10.6 Å². The molecule has 0 atom stereocenters. The van der Waals surface area contributed by atoms with Crippen LogP contribution in [-0.4, -0.2) is 19.3 Å². The van der Waals surface area contributed by atoms with Crippen LogP contribution in [0.3, 0.4) is 0 Å². The molecule has 31 heavy (non-hydrogen) atoms. The summed E-state index contributed by atoms with van der Waals surface area (Å²) in [4.78, 5) is 12.3. The lowest BCUT2D eigenvalue weighted by Gasteiger charge is -2.20. The second-order valence-electron chi connectivity index (χ2n) is 7.01. The maximum absolute atomic E-state index is 13.1. The molecule has 0 radical (unpaired) electrons. The van der Waals surface area contributed by atoms with Gasteiger partial charge in [-0.1, -0.05) is 19.4 Å². The van der Waals surface area contributed by atoms with Crippen LogP contribution < -0.4 is 32.0 Å². The van der Waals surface area contributed by atoms with Crippen molar-refractivity contribution in [1.82, 2.24) is 5.32 Å². The molecule has 0 heterocycles.